The number of anilines is 1. The van der Waals surface area contributed by atoms with Gasteiger partial charge in [0.15, 0.2) is 0 Å². The minimum absolute atomic E-state index is 0.0144. The Morgan fingerprint density at radius 1 is 1.07 bits per heavy atom. The Kier molecular flexibility index (Phi) is 5.79. The molecule has 0 atom stereocenters. The molecule has 0 spiro atoms. The van der Waals surface area contributed by atoms with Crippen molar-refractivity contribution in [2.24, 2.45) is 5.14 Å². The van der Waals surface area contributed by atoms with Crippen molar-refractivity contribution in [1.29, 1.82) is 0 Å². The van der Waals surface area contributed by atoms with Crippen LogP contribution in [0.3, 0.4) is 0 Å². The predicted octanol–water partition coefficient (Wildman–Crippen LogP) is 1.02. The summed E-state index contributed by atoms with van der Waals surface area (Å²) in [6.07, 6.45) is 0. The molecule has 0 aliphatic carbocycles. The Bertz CT molecular complexity index is 908. The molecule has 0 saturated carbocycles. The maximum atomic E-state index is 12.5. The van der Waals surface area contributed by atoms with Crippen LogP contribution in [0, 0.1) is 0 Å². The van der Waals surface area contributed by atoms with E-state index in [1.165, 1.54) is 6.07 Å². The van der Waals surface area contributed by atoms with Gasteiger partial charge in [0.1, 0.15) is 4.90 Å². The Hall–Kier alpha value is -2.42. The molecule has 8 heteroatoms. The van der Waals surface area contributed by atoms with E-state index in [0.717, 1.165) is 18.7 Å². The van der Waals surface area contributed by atoms with E-state index in [1.54, 1.807) is 12.1 Å². The molecule has 1 heterocycles. The first-order valence-electron chi connectivity index (χ1n) is 8.77. The molecule has 27 heavy (non-hydrogen) atoms. The molecule has 2 aromatic rings. The van der Waals surface area contributed by atoms with Crippen LogP contribution in [0.5, 0.6) is 0 Å². The van der Waals surface area contributed by atoms with Crippen LogP contribution in [0.1, 0.15) is 15.9 Å². The minimum atomic E-state index is -3.95. The number of nitrogens with zero attached hydrogens (tertiary/aromatic N) is 2. The van der Waals surface area contributed by atoms with Gasteiger partial charge in [0.05, 0.1) is 5.69 Å². The summed E-state index contributed by atoms with van der Waals surface area (Å²) >= 11 is 0. The number of rotatable bonds is 5. The summed E-state index contributed by atoms with van der Waals surface area (Å²) < 4.78 is 24.2. The highest BCUT2D eigenvalue weighted by Gasteiger charge is 2.23. The zero-order valence-corrected chi connectivity index (χ0v) is 16.1. The van der Waals surface area contributed by atoms with Gasteiger partial charge in [0.2, 0.25) is 10.0 Å². The minimum Gasteiger partial charge on any atom is -0.368 e. The lowest BCUT2D eigenvalue weighted by molar-refractivity contribution is 0.0950. The van der Waals surface area contributed by atoms with E-state index in [1.807, 2.05) is 42.3 Å². The van der Waals surface area contributed by atoms with Crippen molar-refractivity contribution in [3.05, 3.63) is 59.7 Å². The second-order valence-corrected chi connectivity index (χ2v) is 8.22. The molecule has 7 nitrogen and oxygen atoms in total. The number of sulfonamides is 1. The van der Waals surface area contributed by atoms with Crippen molar-refractivity contribution in [2.45, 2.75) is 11.4 Å². The first kappa shape index (κ1) is 19.3. The van der Waals surface area contributed by atoms with E-state index < -0.39 is 10.0 Å². The van der Waals surface area contributed by atoms with Gasteiger partial charge in [-0.3, -0.25) is 4.79 Å². The molecule has 0 bridgehead atoms. The average molecular weight is 388 g/mol. The number of carbonyl (C=O) groups is 1. The van der Waals surface area contributed by atoms with Crippen LogP contribution >= 0.6 is 0 Å². The molecule has 1 aliphatic heterocycles. The third kappa shape index (κ3) is 4.85. The van der Waals surface area contributed by atoms with Crippen molar-refractivity contribution in [1.82, 2.24) is 10.2 Å². The number of primary sulfonamides is 1. The monoisotopic (exact) mass is 388 g/mol. The third-order valence-corrected chi connectivity index (χ3v) is 5.61. The van der Waals surface area contributed by atoms with Gasteiger partial charge in [-0.1, -0.05) is 30.3 Å². The summed E-state index contributed by atoms with van der Waals surface area (Å²) in [7, 11) is -1.93. The predicted molar refractivity (Wildman–Crippen MR) is 105 cm³/mol. The average Bonchev–Trinajstić information content (AvgIpc) is 2.66. The van der Waals surface area contributed by atoms with Gasteiger partial charge in [0.25, 0.3) is 5.91 Å². The fraction of sp³-hybridized carbons (Fsp3) is 0.316. The van der Waals surface area contributed by atoms with Crippen LogP contribution in [-0.4, -0.2) is 52.5 Å². The summed E-state index contributed by atoms with van der Waals surface area (Å²) in [5.74, 6) is -0.339. The maximum Gasteiger partial charge on any atom is 0.251 e. The summed E-state index contributed by atoms with van der Waals surface area (Å²) in [5.41, 5.74) is 1.78. The summed E-state index contributed by atoms with van der Waals surface area (Å²) in [6.45, 7) is 3.45. The second kappa shape index (κ2) is 8.08. The quantitative estimate of drug-likeness (QED) is 0.797. The summed E-state index contributed by atoms with van der Waals surface area (Å²) in [4.78, 5) is 16.6. The van der Waals surface area contributed by atoms with Crippen molar-refractivity contribution < 1.29 is 13.2 Å². The van der Waals surface area contributed by atoms with Gasteiger partial charge >= 0.3 is 0 Å². The molecule has 2 aromatic carbocycles. The lowest BCUT2D eigenvalue weighted by Crippen LogP contribution is -2.45. The molecule has 1 saturated heterocycles. The van der Waals surface area contributed by atoms with E-state index in [9.17, 15) is 13.2 Å². The van der Waals surface area contributed by atoms with Crippen molar-refractivity contribution in [3.8, 4) is 0 Å². The topological polar surface area (TPSA) is 95.7 Å². The maximum absolute atomic E-state index is 12.5. The van der Waals surface area contributed by atoms with Crippen molar-refractivity contribution in [2.75, 3.05) is 38.1 Å². The molecule has 144 valence electrons. The number of amides is 1. The van der Waals surface area contributed by atoms with Gasteiger partial charge in [-0.15, -0.1) is 0 Å². The smallest absolute Gasteiger partial charge is 0.251 e. The Labute approximate surface area is 159 Å². The van der Waals surface area contributed by atoms with Crippen molar-refractivity contribution in [3.63, 3.8) is 0 Å². The molecule has 1 amide bonds. The Balaban J connectivity index is 1.82. The fourth-order valence-electron chi connectivity index (χ4n) is 3.07. The number of benzene rings is 2. The number of nitrogens with one attached hydrogen (secondary N) is 1. The molecule has 0 unspecified atom stereocenters. The van der Waals surface area contributed by atoms with E-state index in [-0.39, 0.29) is 16.4 Å². The SMILES string of the molecule is CN1CCN(c2ccc(C(=O)NCc3ccccc3)cc2S(N)(=O)=O)CC1. The molecular weight excluding hydrogens is 364 g/mol. The molecule has 3 N–H and O–H groups in total. The number of hydrogen-bond donors (Lipinski definition) is 2. The van der Waals surface area contributed by atoms with Gasteiger partial charge < -0.3 is 15.1 Å². The van der Waals surface area contributed by atoms with Crippen LogP contribution in [0.2, 0.25) is 0 Å². The molecule has 3 rings (SSSR count). The largest absolute Gasteiger partial charge is 0.368 e. The molecule has 1 fully saturated rings. The normalized spacial score (nSPS) is 15.6. The molecule has 0 radical (unpaired) electrons. The van der Waals surface area contributed by atoms with Gasteiger partial charge in [-0.05, 0) is 30.8 Å². The van der Waals surface area contributed by atoms with Crippen molar-refractivity contribution >= 4 is 21.6 Å². The van der Waals surface area contributed by atoms with Gasteiger partial charge in [-0.2, -0.15) is 0 Å². The van der Waals surface area contributed by atoms with Crippen LogP contribution < -0.4 is 15.4 Å². The van der Waals surface area contributed by atoms with E-state index in [2.05, 4.69) is 10.2 Å². The highest BCUT2D eigenvalue weighted by atomic mass is 32.2. The first-order valence-corrected chi connectivity index (χ1v) is 10.3. The van der Waals surface area contributed by atoms with Gasteiger partial charge in [0, 0.05) is 38.3 Å². The van der Waals surface area contributed by atoms with E-state index in [0.29, 0.717) is 25.3 Å². The summed E-state index contributed by atoms with van der Waals surface area (Å²) in [6, 6.07) is 14.2. The highest BCUT2D eigenvalue weighted by Crippen LogP contribution is 2.26. The van der Waals surface area contributed by atoms with E-state index >= 15 is 0 Å². The second-order valence-electron chi connectivity index (χ2n) is 6.69. The number of hydrogen-bond acceptors (Lipinski definition) is 5. The number of piperazine rings is 1. The lowest BCUT2D eigenvalue weighted by atomic mass is 10.1. The first-order chi connectivity index (χ1) is 12.8. The lowest BCUT2D eigenvalue weighted by Gasteiger charge is -2.34. The molecule has 1 aliphatic rings. The Morgan fingerprint density at radius 3 is 2.37 bits per heavy atom. The number of likely N-dealkylation sites (N-methyl/N-ethyl adjacent to an activating group) is 1. The standard InChI is InChI=1S/C19H24N4O3S/c1-22-9-11-23(12-10-22)17-8-7-16(13-18(17)27(20,25)26)19(24)21-14-15-5-3-2-4-6-15/h2-8,13H,9-12,14H2,1H3,(H,21,24)(H2,20,25,26). The number of carbonyl (C=O) groups excluding carboxylic acids is 1. The highest BCUT2D eigenvalue weighted by molar-refractivity contribution is 7.89. The van der Waals surface area contributed by atoms with Crippen LogP contribution in [0.4, 0.5) is 5.69 Å². The van der Waals surface area contributed by atoms with Crippen LogP contribution in [-0.2, 0) is 16.6 Å². The molecular formula is C19H24N4O3S. The Morgan fingerprint density at radius 2 is 1.74 bits per heavy atom. The van der Waals surface area contributed by atoms with Gasteiger partial charge in [-0.25, -0.2) is 13.6 Å². The molecule has 0 aromatic heterocycles. The fourth-order valence-corrected chi connectivity index (χ4v) is 3.85. The van der Waals surface area contributed by atoms with E-state index in [4.69, 9.17) is 5.14 Å². The van der Waals surface area contributed by atoms with Crippen LogP contribution in [0.25, 0.3) is 0 Å². The summed E-state index contributed by atoms with van der Waals surface area (Å²) in [5, 5.41) is 8.23. The van der Waals surface area contributed by atoms with Crippen LogP contribution in [0.15, 0.2) is 53.4 Å². The number of nitrogens with two attached hydrogens (primary N) is 1. The third-order valence-electron chi connectivity index (χ3n) is 4.67. The zero-order chi connectivity index (χ0) is 19.4. The zero-order valence-electron chi connectivity index (χ0n) is 15.3.